The lowest BCUT2D eigenvalue weighted by Crippen LogP contribution is -2.24. The van der Waals surface area contributed by atoms with Crippen LogP contribution >= 0.6 is 11.8 Å². The summed E-state index contributed by atoms with van der Waals surface area (Å²) in [5.74, 6) is 3.85. The minimum absolute atomic E-state index is 0.839. The summed E-state index contributed by atoms with van der Waals surface area (Å²) in [6.45, 7) is 1.26. The average Bonchev–Trinajstić information content (AvgIpc) is 2.75. The normalized spacial score (nSPS) is 30.0. The monoisotopic (exact) mass is 199 g/mol. The summed E-state index contributed by atoms with van der Waals surface area (Å²) in [4.78, 5) is 0. The van der Waals surface area contributed by atoms with Gasteiger partial charge in [-0.15, -0.1) is 0 Å². The molecule has 1 saturated carbocycles. The van der Waals surface area contributed by atoms with Crippen LogP contribution in [0.1, 0.15) is 38.5 Å². The van der Waals surface area contributed by atoms with E-state index in [0.29, 0.717) is 0 Å². The van der Waals surface area contributed by atoms with Crippen LogP contribution in [0.15, 0.2) is 0 Å². The topological polar surface area (TPSA) is 12.0 Å². The predicted molar refractivity (Wildman–Crippen MR) is 60.3 cm³/mol. The van der Waals surface area contributed by atoms with E-state index in [9.17, 15) is 0 Å². The van der Waals surface area contributed by atoms with Crippen molar-refractivity contribution in [2.45, 2.75) is 44.6 Å². The molecule has 2 aliphatic rings. The van der Waals surface area contributed by atoms with Gasteiger partial charge in [0.25, 0.3) is 0 Å². The van der Waals surface area contributed by atoms with Gasteiger partial charge < -0.3 is 5.32 Å². The van der Waals surface area contributed by atoms with E-state index in [0.717, 1.165) is 12.0 Å². The molecule has 1 saturated heterocycles. The second kappa shape index (κ2) is 5.26. The Morgan fingerprint density at radius 3 is 2.54 bits per heavy atom. The Balaban J connectivity index is 1.52. The highest BCUT2D eigenvalue weighted by molar-refractivity contribution is 7.99. The summed E-state index contributed by atoms with van der Waals surface area (Å²) in [7, 11) is 0. The molecule has 0 radical (unpaired) electrons. The molecule has 2 fully saturated rings. The summed E-state index contributed by atoms with van der Waals surface area (Å²) >= 11 is 2.19. The smallest absolute Gasteiger partial charge is 0.0158 e. The van der Waals surface area contributed by atoms with Gasteiger partial charge in [0.15, 0.2) is 0 Å². The molecule has 2 rings (SSSR count). The summed E-state index contributed by atoms with van der Waals surface area (Å²) in [6.07, 6.45) is 8.81. The molecule has 0 spiro atoms. The molecule has 1 atom stereocenters. The summed E-state index contributed by atoms with van der Waals surface area (Å²) in [6, 6.07) is 0.839. The van der Waals surface area contributed by atoms with Crippen LogP contribution in [-0.2, 0) is 0 Å². The van der Waals surface area contributed by atoms with Crippen molar-refractivity contribution in [1.82, 2.24) is 5.32 Å². The lowest BCUT2D eigenvalue weighted by atomic mass is 10.1. The van der Waals surface area contributed by atoms with E-state index in [-0.39, 0.29) is 0 Å². The highest BCUT2D eigenvalue weighted by Gasteiger charge is 2.17. The number of hydrogen-bond acceptors (Lipinski definition) is 2. The van der Waals surface area contributed by atoms with E-state index in [1.807, 2.05) is 0 Å². The first-order valence-corrected chi connectivity index (χ1v) is 6.92. The predicted octanol–water partition coefficient (Wildman–Crippen LogP) is 2.66. The van der Waals surface area contributed by atoms with E-state index in [1.54, 1.807) is 0 Å². The minimum Gasteiger partial charge on any atom is -0.313 e. The molecular weight excluding hydrogens is 178 g/mol. The SMILES string of the molecule is C1CCC(CSCC2CCCN2)C1. The molecule has 1 aliphatic heterocycles. The minimum atomic E-state index is 0.839. The standard InChI is InChI=1S/C11H21NS/c1-2-5-10(4-1)8-13-9-11-6-3-7-12-11/h10-12H,1-9H2. The summed E-state index contributed by atoms with van der Waals surface area (Å²) in [5.41, 5.74) is 0. The van der Waals surface area contributed by atoms with Gasteiger partial charge in [-0.3, -0.25) is 0 Å². The fourth-order valence-electron chi connectivity index (χ4n) is 2.45. The molecular formula is C11H21NS. The Labute approximate surface area is 86.0 Å². The third kappa shape index (κ3) is 3.17. The van der Waals surface area contributed by atoms with Crippen molar-refractivity contribution in [2.75, 3.05) is 18.1 Å². The maximum absolute atomic E-state index is 3.56. The molecule has 0 aromatic heterocycles. The number of hydrogen-bond donors (Lipinski definition) is 1. The van der Waals surface area contributed by atoms with Gasteiger partial charge in [0.1, 0.15) is 0 Å². The first-order chi connectivity index (χ1) is 6.45. The van der Waals surface area contributed by atoms with Crippen LogP contribution in [-0.4, -0.2) is 24.1 Å². The van der Waals surface area contributed by atoms with Gasteiger partial charge >= 0.3 is 0 Å². The Morgan fingerprint density at radius 2 is 1.85 bits per heavy atom. The molecule has 1 nitrogen and oxygen atoms in total. The zero-order valence-electron chi connectivity index (χ0n) is 8.43. The average molecular weight is 199 g/mol. The van der Waals surface area contributed by atoms with Crippen LogP contribution < -0.4 is 5.32 Å². The highest BCUT2D eigenvalue weighted by atomic mass is 32.2. The van der Waals surface area contributed by atoms with Crippen LogP contribution in [0.4, 0.5) is 0 Å². The fourth-order valence-corrected chi connectivity index (χ4v) is 3.82. The molecule has 1 heterocycles. The zero-order chi connectivity index (χ0) is 8.93. The van der Waals surface area contributed by atoms with Crippen LogP contribution in [0.2, 0.25) is 0 Å². The van der Waals surface area contributed by atoms with Gasteiger partial charge in [0.05, 0.1) is 0 Å². The van der Waals surface area contributed by atoms with Gasteiger partial charge in [-0.05, 0) is 43.9 Å². The number of thioether (sulfide) groups is 1. The second-order valence-electron chi connectivity index (χ2n) is 4.48. The van der Waals surface area contributed by atoms with Gasteiger partial charge in [-0.1, -0.05) is 12.8 Å². The molecule has 1 aliphatic carbocycles. The largest absolute Gasteiger partial charge is 0.313 e. The molecule has 0 bridgehead atoms. The lowest BCUT2D eigenvalue weighted by molar-refractivity contribution is 0.619. The van der Waals surface area contributed by atoms with E-state index in [4.69, 9.17) is 0 Å². The molecule has 13 heavy (non-hydrogen) atoms. The Bertz CT molecular complexity index is 121. The molecule has 0 amide bonds. The van der Waals surface area contributed by atoms with Gasteiger partial charge in [-0.25, -0.2) is 0 Å². The van der Waals surface area contributed by atoms with Gasteiger partial charge in [0.2, 0.25) is 0 Å². The van der Waals surface area contributed by atoms with E-state index >= 15 is 0 Å². The quantitative estimate of drug-likeness (QED) is 0.747. The van der Waals surface area contributed by atoms with Crippen molar-refractivity contribution in [3.63, 3.8) is 0 Å². The van der Waals surface area contributed by atoms with Crippen molar-refractivity contribution in [1.29, 1.82) is 0 Å². The van der Waals surface area contributed by atoms with Crippen molar-refractivity contribution in [3.05, 3.63) is 0 Å². The Morgan fingerprint density at radius 1 is 1.00 bits per heavy atom. The summed E-state index contributed by atoms with van der Waals surface area (Å²) in [5, 5.41) is 3.56. The third-order valence-electron chi connectivity index (χ3n) is 3.31. The number of nitrogens with one attached hydrogen (secondary N) is 1. The maximum Gasteiger partial charge on any atom is 0.0158 e. The Kier molecular flexibility index (Phi) is 3.98. The van der Waals surface area contributed by atoms with Crippen LogP contribution in [0.5, 0.6) is 0 Å². The first-order valence-electron chi connectivity index (χ1n) is 5.76. The second-order valence-corrected chi connectivity index (χ2v) is 5.56. The van der Waals surface area contributed by atoms with Gasteiger partial charge in [-0.2, -0.15) is 11.8 Å². The lowest BCUT2D eigenvalue weighted by Gasteiger charge is -2.12. The fraction of sp³-hybridized carbons (Fsp3) is 1.00. The van der Waals surface area contributed by atoms with E-state index < -0.39 is 0 Å². The number of rotatable bonds is 4. The molecule has 2 heteroatoms. The van der Waals surface area contributed by atoms with Crippen molar-refractivity contribution >= 4 is 11.8 Å². The summed E-state index contributed by atoms with van der Waals surface area (Å²) < 4.78 is 0. The van der Waals surface area contributed by atoms with Crippen molar-refractivity contribution < 1.29 is 0 Å². The van der Waals surface area contributed by atoms with E-state index in [2.05, 4.69) is 17.1 Å². The van der Waals surface area contributed by atoms with Gasteiger partial charge in [0, 0.05) is 11.8 Å². The highest BCUT2D eigenvalue weighted by Crippen LogP contribution is 2.28. The van der Waals surface area contributed by atoms with Crippen LogP contribution in [0, 0.1) is 5.92 Å². The van der Waals surface area contributed by atoms with Crippen LogP contribution in [0.25, 0.3) is 0 Å². The maximum atomic E-state index is 3.56. The molecule has 1 N–H and O–H groups in total. The third-order valence-corrected chi connectivity index (χ3v) is 4.65. The Hall–Kier alpha value is 0.310. The first kappa shape index (κ1) is 9.85. The molecule has 0 aromatic rings. The van der Waals surface area contributed by atoms with Crippen molar-refractivity contribution in [2.24, 2.45) is 5.92 Å². The van der Waals surface area contributed by atoms with Crippen LogP contribution in [0.3, 0.4) is 0 Å². The molecule has 1 unspecified atom stereocenters. The molecule has 0 aromatic carbocycles. The van der Waals surface area contributed by atoms with E-state index in [1.165, 1.54) is 56.6 Å². The zero-order valence-corrected chi connectivity index (χ0v) is 9.24. The molecule has 76 valence electrons. The van der Waals surface area contributed by atoms with Crippen molar-refractivity contribution in [3.8, 4) is 0 Å².